The molecule has 3 nitrogen and oxygen atoms in total. The van der Waals surface area contributed by atoms with E-state index < -0.39 is 0 Å². The minimum Gasteiger partial charge on any atom is -0.497 e. The Morgan fingerprint density at radius 3 is 2.74 bits per heavy atom. The second-order valence-electron chi connectivity index (χ2n) is 5.93. The first-order valence-corrected chi connectivity index (χ1v) is 7.02. The number of benzene rings is 1. The van der Waals surface area contributed by atoms with E-state index in [1.807, 2.05) is 12.1 Å². The van der Waals surface area contributed by atoms with E-state index in [0.29, 0.717) is 17.7 Å². The van der Waals surface area contributed by atoms with E-state index in [0.717, 1.165) is 37.4 Å². The van der Waals surface area contributed by atoms with E-state index in [1.165, 1.54) is 0 Å². The SMILES string of the molecule is COc1ccc2c(c1)C(=O)CC1(CCC(C)CC1)O2. The van der Waals surface area contributed by atoms with Gasteiger partial charge in [0.05, 0.1) is 19.1 Å². The summed E-state index contributed by atoms with van der Waals surface area (Å²) in [5, 5.41) is 0. The summed E-state index contributed by atoms with van der Waals surface area (Å²) in [5.74, 6) is 2.38. The van der Waals surface area contributed by atoms with Crippen molar-refractivity contribution in [3.8, 4) is 11.5 Å². The molecule has 0 atom stereocenters. The first-order valence-electron chi connectivity index (χ1n) is 7.02. The molecule has 1 aromatic rings. The number of carbonyl (C=O) groups is 1. The Morgan fingerprint density at radius 1 is 1.32 bits per heavy atom. The summed E-state index contributed by atoms with van der Waals surface area (Å²) in [6, 6.07) is 5.51. The summed E-state index contributed by atoms with van der Waals surface area (Å²) in [4.78, 5) is 12.4. The van der Waals surface area contributed by atoms with Gasteiger partial charge in [0, 0.05) is 0 Å². The zero-order valence-electron chi connectivity index (χ0n) is 11.6. The van der Waals surface area contributed by atoms with Crippen LogP contribution in [0.4, 0.5) is 0 Å². The fourth-order valence-corrected chi connectivity index (χ4v) is 3.17. The van der Waals surface area contributed by atoms with Crippen molar-refractivity contribution in [1.29, 1.82) is 0 Å². The number of ketones is 1. The molecule has 3 heteroatoms. The van der Waals surface area contributed by atoms with Gasteiger partial charge in [0.2, 0.25) is 0 Å². The molecular formula is C16H20O3. The maximum absolute atomic E-state index is 12.4. The van der Waals surface area contributed by atoms with Crippen LogP contribution >= 0.6 is 0 Å². The van der Waals surface area contributed by atoms with Crippen LogP contribution in [-0.4, -0.2) is 18.5 Å². The van der Waals surface area contributed by atoms with Crippen LogP contribution in [0.2, 0.25) is 0 Å². The number of Topliss-reactive ketones (excluding diaryl/α,β-unsaturated/α-hetero) is 1. The smallest absolute Gasteiger partial charge is 0.170 e. The van der Waals surface area contributed by atoms with Crippen molar-refractivity contribution < 1.29 is 14.3 Å². The molecule has 0 radical (unpaired) electrons. The van der Waals surface area contributed by atoms with E-state index >= 15 is 0 Å². The van der Waals surface area contributed by atoms with Gasteiger partial charge in [-0.1, -0.05) is 6.92 Å². The third kappa shape index (κ3) is 2.22. The minimum atomic E-state index is -0.245. The highest BCUT2D eigenvalue weighted by Crippen LogP contribution is 2.43. The molecule has 1 fully saturated rings. The lowest BCUT2D eigenvalue weighted by atomic mass is 9.75. The zero-order chi connectivity index (χ0) is 13.5. The number of carbonyl (C=O) groups excluding carboxylic acids is 1. The summed E-state index contributed by atoms with van der Waals surface area (Å²) >= 11 is 0. The maximum atomic E-state index is 12.4. The van der Waals surface area contributed by atoms with Gasteiger partial charge < -0.3 is 9.47 Å². The standard InChI is InChI=1S/C16H20O3/c1-11-5-7-16(8-6-11)10-14(17)13-9-12(18-2)3-4-15(13)19-16/h3-4,9,11H,5-8,10H2,1-2H3. The van der Waals surface area contributed by atoms with Crippen LogP contribution in [0.25, 0.3) is 0 Å². The van der Waals surface area contributed by atoms with Gasteiger partial charge in [-0.25, -0.2) is 0 Å². The summed E-state index contributed by atoms with van der Waals surface area (Å²) in [5.41, 5.74) is 0.425. The first kappa shape index (κ1) is 12.5. The number of fused-ring (bicyclic) bond motifs is 1. The molecule has 1 aliphatic heterocycles. The molecule has 0 aromatic heterocycles. The van der Waals surface area contributed by atoms with Gasteiger partial charge in [-0.05, 0) is 49.8 Å². The van der Waals surface area contributed by atoms with Crippen LogP contribution in [0.5, 0.6) is 11.5 Å². The second-order valence-corrected chi connectivity index (χ2v) is 5.93. The van der Waals surface area contributed by atoms with Crippen LogP contribution in [0.1, 0.15) is 49.4 Å². The maximum Gasteiger partial charge on any atom is 0.170 e. The molecule has 1 aromatic carbocycles. The van der Waals surface area contributed by atoms with Crippen molar-refractivity contribution in [2.75, 3.05) is 7.11 Å². The van der Waals surface area contributed by atoms with Crippen LogP contribution in [0, 0.1) is 5.92 Å². The quantitative estimate of drug-likeness (QED) is 0.773. The zero-order valence-corrected chi connectivity index (χ0v) is 11.6. The molecule has 1 aliphatic carbocycles. The fourth-order valence-electron chi connectivity index (χ4n) is 3.17. The van der Waals surface area contributed by atoms with Crippen LogP contribution < -0.4 is 9.47 Å². The third-order valence-corrected chi connectivity index (χ3v) is 4.48. The van der Waals surface area contributed by atoms with Crippen molar-refractivity contribution in [2.24, 2.45) is 5.92 Å². The van der Waals surface area contributed by atoms with Gasteiger partial charge in [0.25, 0.3) is 0 Å². The summed E-state index contributed by atoms with van der Waals surface area (Å²) in [6.45, 7) is 2.27. The van der Waals surface area contributed by atoms with Crippen molar-refractivity contribution in [1.82, 2.24) is 0 Å². The van der Waals surface area contributed by atoms with Gasteiger partial charge in [0.15, 0.2) is 5.78 Å². The molecule has 1 spiro atoms. The lowest BCUT2D eigenvalue weighted by Gasteiger charge is -2.42. The average Bonchev–Trinajstić information content (AvgIpc) is 2.42. The Hall–Kier alpha value is -1.51. The average molecular weight is 260 g/mol. The number of methoxy groups -OCH3 is 1. The molecular weight excluding hydrogens is 240 g/mol. The lowest BCUT2D eigenvalue weighted by Crippen LogP contribution is -2.44. The van der Waals surface area contributed by atoms with Crippen LogP contribution in [0.15, 0.2) is 18.2 Å². The van der Waals surface area contributed by atoms with Crippen molar-refractivity contribution in [3.63, 3.8) is 0 Å². The van der Waals surface area contributed by atoms with Crippen LogP contribution in [-0.2, 0) is 0 Å². The number of rotatable bonds is 1. The summed E-state index contributed by atoms with van der Waals surface area (Å²) in [6.07, 6.45) is 4.80. The van der Waals surface area contributed by atoms with Crippen molar-refractivity contribution in [3.05, 3.63) is 23.8 Å². The minimum absolute atomic E-state index is 0.190. The largest absolute Gasteiger partial charge is 0.497 e. The van der Waals surface area contributed by atoms with Crippen LogP contribution in [0.3, 0.4) is 0 Å². The molecule has 0 bridgehead atoms. The molecule has 102 valence electrons. The topological polar surface area (TPSA) is 35.5 Å². The Balaban J connectivity index is 1.90. The molecule has 19 heavy (non-hydrogen) atoms. The molecule has 1 saturated carbocycles. The van der Waals surface area contributed by atoms with E-state index in [4.69, 9.17) is 9.47 Å². The highest BCUT2D eigenvalue weighted by atomic mass is 16.5. The van der Waals surface area contributed by atoms with Gasteiger partial charge >= 0.3 is 0 Å². The van der Waals surface area contributed by atoms with Gasteiger partial charge in [-0.3, -0.25) is 4.79 Å². The van der Waals surface area contributed by atoms with Gasteiger partial charge in [0.1, 0.15) is 17.1 Å². The molecule has 0 N–H and O–H groups in total. The highest BCUT2D eigenvalue weighted by molar-refractivity contribution is 6.00. The second kappa shape index (κ2) is 4.55. The van der Waals surface area contributed by atoms with E-state index in [2.05, 4.69) is 6.92 Å². The molecule has 0 unspecified atom stereocenters. The fraction of sp³-hybridized carbons (Fsp3) is 0.562. The molecule has 1 heterocycles. The molecule has 3 rings (SSSR count). The Labute approximate surface area is 113 Å². The number of ether oxygens (including phenoxy) is 2. The monoisotopic (exact) mass is 260 g/mol. The van der Waals surface area contributed by atoms with E-state index in [9.17, 15) is 4.79 Å². The Morgan fingerprint density at radius 2 is 2.05 bits per heavy atom. The number of hydrogen-bond donors (Lipinski definition) is 0. The van der Waals surface area contributed by atoms with Gasteiger partial charge in [-0.15, -0.1) is 0 Å². The third-order valence-electron chi connectivity index (χ3n) is 4.48. The van der Waals surface area contributed by atoms with E-state index in [-0.39, 0.29) is 11.4 Å². The molecule has 0 saturated heterocycles. The highest BCUT2D eigenvalue weighted by Gasteiger charge is 2.42. The normalized spacial score (nSPS) is 29.8. The predicted molar refractivity (Wildman–Crippen MR) is 72.9 cm³/mol. The van der Waals surface area contributed by atoms with Crippen molar-refractivity contribution in [2.45, 2.75) is 44.6 Å². The molecule has 0 amide bonds. The summed E-state index contributed by atoms with van der Waals surface area (Å²) in [7, 11) is 1.61. The van der Waals surface area contributed by atoms with Gasteiger partial charge in [-0.2, -0.15) is 0 Å². The predicted octanol–water partition coefficient (Wildman–Crippen LogP) is 3.61. The first-order chi connectivity index (χ1) is 9.12. The van der Waals surface area contributed by atoms with E-state index in [1.54, 1.807) is 13.2 Å². The number of hydrogen-bond acceptors (Lipinski definition) is 3. The molecule has 2 aliphatic rings. The Bertz CT molecular complexity index is 499. The summed E-state index contributed by atoms with van der Waals surface area (Å²) < 4.78 is 11.4. The van der Waals surface area contributed by atoms with Crippen molar-refractivity contribution >= 4 is 5.78 Å². The lowest BCUT2D eigenvalue weighted by molar-refractivity contribution is 0.00395. The Kier molecular flexibility index (Phi) is 3.00.